The Morgan fingerprint density at radius 1 is 1.29 bits per heavy atom. The van der Waals surface area contributed by atoms with Gasteiger partial charge in [0.15, 0.2) is 0 Å². The van der Waals surface area contributed by atoms with Crippen LogP contribution in [-0.4, -0.2) is 41.7 Å². The first kappa shape index (κ1) is 20.8. The number of phenols is 1. The van der Waals surface area contributed by atoms with Crippen LogP contribution in [0.2, 0.25) is 0 Å². The largest absolute Gasteiger partial charge is 0.506 e. The van der Waals surface area contributed by atoms with Gasteiger partial charge in [0.25, 0.3) is 0 Å². The minimum Gasteiger partial charge on any atom is -0.506 e. The smallest absolute Gasteiger partial charge is 0.340 e. The van der Waals surface area contributed by atoms with Crippen molar-refractivity contribution in [1.29, 1.82) is 0 Å². The lowest BCUT2D eigenvalue weighted by atomic mass is 10.0. The molecule has 0 spiro atoms. The van der Waals surface area contributed by atoms with Crippen LogP contribution >= 0.6 is 27.7 Å². The van der Waals surface area contributed by atoms with Crippen LogP contribution in [-0.2, 0) is 17.0 Å². The van der Waals surface area contributed by atoms with Crippen molar-refractivity contribution in [3.8, 4) is 5.75 Å². The van der Waals surface area contributed by atoms with Crippen LogP contribution in [0.15, 0.2) is 45.8 Å². The summed E-state index contributed by atoms with van der Waals surface area (Å²) in [5.41, 5.74) is 2.79. The van der Waals surface area contributed by atoms with E-state index in [-0.39, 0.29) is 11.7 Å². The molecule has 3 rings (SSSR count). The molecular weight excluding hydrogens is 440 g/mol. The maximum Gasteiger partial charge on any atom is 0.340 e. The van der Waals surface area contributed by atoms with Gasteiger partial charge in [-0.05, 0) is 55.1 Å². The molecule has 0 unspecified atom stereocenters. The van der Waals surface area contributed by atoms with Gasteiger partial charge in [-0.2, -0.15) is 0 Å². The van der Waals surface area contributed by atoms with E-state index < -0.39 is 0 Å². The van der Waals surface area contributed by atoms with Crippen LogP contribution in [0.1, 0.15) is 28.5 Å². The fourth-order valence-corrected chi connectivity index (χ4v) is 4.48. The van der Waals surface area contributed by atoms with Gasteiger partial charge in [0, 0.05) is 39.4 Å². The number of esters is 1. The summed E-state index contributed by atoms with van der Waals surface area (Å²) in [6.07, 6.45) is 0. The van der Waals surface area contributed by atoms with E-state index in [0.717, 1.165) is 21.5 Å². The highest BCUT2D eigenvalue weighted by molar-refractivity contribution is 9.10. The number of H-pyrrole nitrogens is 1. The monoisotopic (exact) mass is 462 g/mol. The molecule has 0 radical (unpaired) electrons. The molecule has 28 heavy (non-hydrogen) atoms. The number of thioether (sulfide) groups is 1. The number of hydrogen-bond acceptors (Lipinski definition) is 5. The lowest BCUT2D eigenvalue weighted by Gasteiger charge is -2.15. The van der Waals surface area contributed by atoms with E-state index in [1.807, 2.05) is 55.4 Å². The van der Waals surface area contributed by atoms with E-state index in [9.17, 15) is 9.90 Å². The quantitative estimate of drug-likeness (QED) is 0.374. The number of fused-ring (bicyclic) bond motifs is 1. The number of benzene rings is 2. The van der Waals surface area contributed by atoms with Crippen LogP contribution in [0.25, 0.3) is 10.9 Å². The zero-order valence-electron chi connectivity index (χ0n) is 16.1. The fourth-order valence-electron chi connectivity index (χ4n) is 3.13. The number of ether oxygens (including phenoxy) is 1. The lowest BCUT2D eigenvalue weighted by Crippen LogP contribution is -2.13. The third kappa shape index (κ3) is 4.37. The normalized spacial score (nSPS) is 11.3. The number of aromatic nitrogens is 1. The second kappa shape index (κ2) is 9.03. The lowest BCUT2D eigenvalue weighted by molar-refractivity contribution is 0.0527. The molecule has 7 heteroatoms. The zero-order chi connectivity index (χ0) is 20.3. The first-order chi connectivity index (χ1) is 13.4. The maximum absolute atomic E-state index is 12.8. The molecule has 0 fully saturated rings. The van der Waals surface area contributed by atoms with Crippen molar-refractivity contribution in [3.63, 3.8) is 0 Å². The predicted molar refractivity (Wildman–Crippen MR) is 117 cm³/mol. The Kier molecular flexibility index (Phi) is 6.69. The third-order valence-electron chi connectivity index (χ3n) is 4.27. The van der Waals surface area contributed by atoms with Gasteiger partial charge < -0.3 is 19.7 Å². The summed E-state index contributed by atoms with van der Waals surface area (Å²) in [6.45, 7) is 2.58. The Morgan fingerprint density at radius 3 is 2.64 bits per heavy atom. The van der Waals surface area contributed by atoms with Crippen LogP contribution in [0.3, 0.4) is 0 Å². The second-order valence-electron chi connectivity index (χ2n) is 6.65. The van der Waals surface area contributed by atoms with Crippen LogP contribution in [0.5, 0.6) is 5.75 Å². The van der Waals surface area contributed by atoms with E-state index in [1.165, 1.54) is 0 Å². The van der Waals surface area contributed by atoms with Gasteiger partial charge in [-0.1, -0.05) is 18.2 Å². The Hall–Kier alpha value is -1.96. The molecule has 0 aliphatic rings. The van der Waals surface area contributed by atoms with E-state index in [0.29, 0.717) is 34.5 Å². The summed E-state index contributed by atoms with van der Waals surface area (Å²) in [5.74, 6) is 0.360. The van der Waals surface area contributed by atoms with Crippen molar-refractivity contribution in [2.75, 3.05) is 20.7 Å². The number of carbonyl (C=O) groups is 1. The molecule has 0 saturated carbocycles. The van der Waals surface area contributed by atoms with Crippen molar-refractivity contribution in [2.45, 2.75) is 24.1 Å². The SMILES string of the molecule is CCOC(=O)c1c(CSc2ccccc2)[nH]c2cc(Br)c(O)c(CN(C)C)c12. The van der Waals surface area contributed by atoms with Crippen molar-refractivity contribution in [3.05, 3.63) is 57.7 Å². The Balaban J connectivity index is 2.14. The molecule has 148 valence electrons. The van der Waals surface area contributed by atoms with Gasteiger partial charge in [0.2, 0.25) is 0 Å². The molecule has 2 aromatic carbocycles. The highest BCUT2D eigenvalue weighted by Gasteiger charge is 2.25. The van der Waals surface area contributed by atoms with E-state index in [2.05, 4.69) is 20.9 Å². The topological polar surface area (TPSA) is 65.6 Å². The molecule has 5 nitrogen and oxygen atoms in total. The fraction of sp³-hybridized carbons (Fsp3) is 0.286. The Morgan fingerprint density at radius 2 is 2.00 bits per heavy atom. The number of aromatic hydroxyl groups is 1. The number of nitrogens with one attached hydrogen (secondary N) is 1. The Labute approximate surface area is 177 Å². The van der Waals surface area contributed by atoms with Crippen LogP contribution in [0, 0.1) is 0 Å². The number of phenolic OH excluding ortho intramolecular Hbond substituents is 1. The van der Waals surface area contributed by atoms with Crippen molar-refractivity contribution in [2.24, 2.45) is 0 Å². The summed E-state index contributed by atoms with van der Waals surface area (Å²) in [6, 6.07) is 11.8. The molecule has 0 bridgehead atoms. The summed E-state index contributed by atoms with van der Waals surface area (Å²) in [5, 5.41) is 11.4. The maximum atomic E-state index is 12.8. The van der Waals surface area contributed by atoms with Gasteiger partial charge in [-0.15, -0.1) is 11.8 Å². The van der Waals surface area contributed by atoms with E-state index in [1.54, 1.807) is 18.7 Å². The summed E-state index contributed by atoms with van der Waals surface area (Å²) in [7, 11) is 3.85. The van der Waals surface area contributed by atoms with E-state index >= 15 is 0 Å². The first-order valence-corrected chi connectivity index (χ1v) is 10.7. The molecule has 3 aromatic rings. The van der Waals surface area contributed by atoms with Crippen LogP contribution in [0.4, 0.5) is 0 Å². The van der Waals surface area contributed by atoms with Crippen LogP contribution < -0.4 is 0 Å². The third-order valence-corrected chi connectivity index (χ3v) is 5.91. The zero-order valence-corrected chi connectivity index (χ0v) is 18.5. The molecule has 0 amide bonds. The first-order valence-electron chi connectivity index (χ1n) is 8.97. The molecule has 2 N–H and O–H groups in total. The predicted octanol–water partition coefficient (Wildman–Crippen LogP) is 5.17. The van der Waals surface area contributed by atoms with Crippen molar-refractivity contribution in [1.82, 2.24) is 9.88 Å². The van der Waals surface area contributed by atoms with Gasteiger partial charge in [0.05, 0.1) is 16.6 Å². The van der Waals surface area contributed by atoms with Gasteiger partial charge in [-0.3, -0.25) is 0 Å². The summed E-state index contributed by atoms with van der Waals surface area (Å²) < 4.78 is 5.94. The number of aromatic amines is 1. The van der Waals surface area contributed by atoms with Gasteiger partial charge >= 0.3 is 5.97 Å². The van der Waals surface area contributed by atoms with E-state index in [4.69, 9.17) is 4.74 Å². The summed E-state index contributed by atoms with van der Waals surface area (Å²) >= 11 is 5.07. The molecule has 0 aliphatic carbocycles. The van der Waals surface area contributed by atoms with Gasteiger partial charge in [0.1, 0.15) is 5.75 Å². The number of rotatable bonds is 7. The molecule has 0 saturated heterocycles. The minimum absolute atomic E-state index is 0.146. The number of halogens is 1. The highest BCUT2D eigenvalue weighted by atomic mass is 79.9. The molecule has 1 aromatic heterocycles. The average Bonchev–Trinajstić information content (AvgIpc) is 3.02. The average molecular weight is 463 g/mol. The molecular formula is C21H23BrN2O3S. The van der Waals surface area contributed by atoms with Crippen molar-refractivity contribution >= 4 is 44.6 Å². The summed E-state index contributed by atoms with van der Waals surface area (Å²) in [4.78, 5) is 19.3. The number of carbonyl (C=O) groups excluding carboxylic acids is 1. The van der Waals surface area contributed by atoms with Crippen molar-refractivity contribution < 1.29 is 14.6 Å². The standard InChI is InChI=1S/C21H23BrN2O3S/c1-4-27-21(26)19-17(12-28-13-8-6-5-7-9-13)23-16-10-15(22)20(25)14(18(16)19)11-24(2)3/h5-10,23,25H,4,11-12H2,1-3H3. The number of nitrogens with zero attached hydrogens (tertiary/aromatic N) is 1. The number of hydrogen-bond donors (Lipinski definition) is 2. The van der Waals surface area contributed by atoms with Gasteiger partial charge in [-0.25, -0.2) is 4.79 Å². The highest BCUT2D eigenvalue weighted by Crippen LogP contribution is 2.39. The molecule has 0 aliphatic heterocycles. The molecule has 0 atom stereocenters. The minimum atomic E-state index is -0.376. The molecule has 1 heterocycles. The second-order valence-corrected chi connectivity index (χ2v) is 8.55. The Bertz CT molecular complexity index is 986.